The topological polar surface area (TPSA) is 141 Å². The van der Waals surface area contributed by atoms with Gasteiger partial charge in [-0.25, -0.2) is 9.78 Å². The lowest BCUT2D eigenvalue weighted by Crippen LogP contribution is -2.13. The maximum absolute atomic E-state index is 11.2. The molecular weight excluding hydrogens is 332 g/mol. The highest BCUT2D eigenvalue weighted by Crippen LogP contribution is 2.26. The molecule has 0 unspecified atom stereocenters. The predicted molar refractivity (Wildman–Crippen MR) is 79.7 cm³/mol. The maximum atomic E-state index is 11.2. The van der Waals surface area contributed by atoms with E-state index in [0.717, 1.165) is 0 Å². The fourth-order valence-corrected chi connectivity index (χ4v) is 2.24. The SMILES string of the molecule is O=C(O)c1cc(NCS(=O)(=O)O)ccc1/N=N/c1nccs1. The van der Waals surface area contributed by atoms with E-state index >= 15 is 0 Å². The first-order valence-electron chi connectivity index (χ1n) is 5.73. The molecule has 0 aliphatic rings. The second kappa shape index (κ2) is 6.60. The lowest BCUT2D eigenvalue weighted by atomic mass is 10.1. The second-order valence-electron chi connectivity index (χ2n) is 3.95. The van der Waals surface area contributed by atoms with Crippen molar-refractivity contribution >= 4 is 43.9 Å². The fourth-order valence-electron chi connectivity index (χ4n) is 1.44. The normalized spacial score (nSPS) is 11.7. The van der Waals surface area contributed by atoms with Gasteiger partial charge >= 0.3 is 5.97 Å². The summed E-state index contributed by atoms with van der Waals surface area (Å²) < 4.78 is 30.0. The van der Waals surface area contributed by atoms with Gasteiger partial charge in [0, 0.05) is 17.3 Å². The Labute approximate surface area is 129 Å². The van der Waals surface area contributed by atoms with Gasteiger partial charge in [0.2, 0.25) is 5.13 Å². The van der Waals surface area contributed by atoms with E-state index in [1.54, 1.807) is 11.6 Å². The summed E-state index contributed by atoms with van der Waals surface area (Å²) >= 11 is 1.24. The monoisotopic (exact) mass is 342 g/mol. The number of nitrogens with zero attached hydrogens (tertiary/aromatic N) is 3. The van der Waals surface area contributed by atoms with E-state index in [-0.39, 0.29) is 16.9 Å². The van der Waals surface area contributed by atoms with Gasteiger partial charge in [0.15, 0.2) is 0 Å². The first kappa shape index (κ1) is 16.0. The number of carboxylic acids is 1. The lowest BCUT2D eigenvalue weighted by Gasteiger charge is -2.06. The van der Waals surface area contributed by atoms with Crippen LogP contribution in [-0.2, 0) is 10.1 Å². The van der Waals surface area contributed by atoms with Crippen LogP contribution in [0, 0.1) is 0 Å². The number of aromatic nitrogens is 1. The van der Waals surface area contributed by atoms with Crippen LogP contribution in [0.25, 0.3) is 0 Å². The van der Waals surface area contributed by atoms with E-state index in [1.807, 2.05) is 0 Å². The van der Waals surface area contributed by atoms with Crippen LogP contribution >= 0.6 is 11.3 Å². The molecule has 1 aromatic heterocycles. The Morgan fingerprint density at radius 3 is 2.73 bits per heavy atom. The molecule has 0 saturated heterocycles. The van der Waals surface area contributed by atoms with E-state index in [0.29, 0.717) is 5.13 Å². The summed E-state index contributed by atoms with van der Waals surface area (Å²) in [6.07, 6.45) is 1.54. The van der Waals surface area contributed by atoms with Gasteiger partial charge in [-0.05, 0) is 18.2 Å². The zero-order valence-electron chi connectivity index (χ0n) is 10.9. The molecule has 0 aliphatic carbocycles. The van der Waals surface area contributed by atoms with Crippen LogP contribution in [-0.4, -0.2) is 34.9 Å². The number of aromatic carboxylic acids is 1. The number of thiazole rings is 1. The quantitative estimate of drug-likeness (QED) is 0.541. The lowest BCUT2D eigenvalue weighted by molar-refractivity contribution is 0.0698. The molecule has 0 radical (unpaired) electrons. The van der Waals surface area contributed by atoms with E-state index in [4.69, 9.17) is 9.66 Å². The van der Waals surface area contributed by atoms with Crippen molar-refractivity contribution in [2.75, 3.05) is 11.2 Å². The molecule has 2 rings (SSSR count). The third-order valence-corrected chi connectivity index (χ3v) is 3.51. The Morgan fingerprint density at radius 1 is 1.36 bits per heavy atom. The van der Waals surface area contributed by atoms with Crippen molar-refractivity contribution < 1.29 is 22.9 Å². The number of carboxylic acid groups (broad SMARTS) is 1. The number of carbonyl (C=O) groups is 1. The average molecular weight is 342 g/mol. The fraction of sp³-hybridized carbons (Fsp3) is 0.0909. The molecule has 11 heteroatoms. The van der Waals surface area contributed by atoms with Crippen LogP contribution in [0.1, 0.15) is 10.4 Å². The Bertz CT molecular complexity index is 802. The number of azo groups is 1. The smallest absolute Gasteiger partial charge is 0.338 e. The van der Waals surface area contributed by atoms with Crippen LogP contribution in [0.2, 0.25) is 0 Å². The number of nitrogens with one attached hydrogen (secondary N) is 1. The molecule has 0 amide bonds. The number of benzene rings is 1. The molecule has 3 N–H and O–H groups in total. The molecule has 0 spiro atoms. The molecule has 0 atom stereocenters. The third kappa shape index (κ3) is 4.58. The first-order valence-corrected chi connectivity index (χ1v) is 8.21. The highest BCUT2D eigenvalue weighted by atomic mass is 32.2. The van der Waals surface area contributed by atoms with Crippen LogP contribution in [0.15, 0.2) is 40.0 Å². The number of hydrogen-bond donors (Lipinski definition) is 3. The summed E-state index contributed by atoms with van der Waals surface area (Å²) in [7, 11) is -4.21. The molecular formula is C11H10N4O5S2. The van der Waals surface area contributed by atoms with Crippen LogP contribution in [0.5, 0.6) is 0 Å². The molecule has 2 aromatic rings. The Morgan fingerprint density at radius 2 is 2.14 bits per heavy atom. The minimum atomic E-state index is -4.21. The molecule has 22 heavy (non-hydrogen) atoms. The summed E-state index contributed by atoms with van der Waals surface area (Å²) in [5.41, 5.74) is 0.143. The largest absolute Gasteiger partial charge is 0.478 e. The summed E-state index contributed by atoms with van der Waals surface area (Å²) in [4.78, 5) is 15.1. The van der Waals surface area contributed by atoms with Gasteiger partial charge in [-0.15, -0.1) is 21.6 Å². The second-order valence-corrected chi connectivity index (χ2v) is 6.28. The molecule has 116 valence electrons. The van der Waals surface area contributed by atoms with Gasteiger partial charge in [0.25, 0.3) is 10.1 Å². The first-order chi connectivity index (χ1) is 10.3. The van der Waals surface area contributed by atoms with Gasteiger partial charge in [0.05, 0.1) is 5.56 Å². The summed E-state index contributed by atoms with van der Waals surface area (Å²) in [6, 6.07) is 3.99. The van der Waals surface area contributed by atoms with Crippen LogP contribution in [0.4, 0.5) is 16.5 Å². The number of hydrogen-bond acceptors (Lipinski definition) is 8. The number of anilines is 1. The van der Waals surface area contributed by atoms with Crippen molar-refractivity contribution in [2.45, 2.75) is 0 Å². The van der Waals surface area contributed by atoms with E-state index in [2.05, 4.69) is 20.5 Å². The molecule has 0 aliphatic heterocycles. The van der Waals surface area contributed by atoms with Crippen molar-refractivity contribution in [3.8, 4) is 0 Å². The number of rotatable bonds is 6. The summed E-state index contributed by atoms with van der Waals surface area (Å²) in [5.74, 6) is -1.98. The predicted octanol–water partition coefficient (Wildman–Crippen LogP) is 2.51. The molecule has 0 fully saturated rings. The molecule has 0 saturated carbocycles. The standard InChI is InChI=1S/C11H10N4O5S2/c16-10(17)8-5-7(13-6-22(18,19)20)1-2-9(8)14-15-11-12-3-4-21-11/h1-5,13H,6H2,(H,16,17)(H,18,19,20)/b15-14+. The summed E-state index contributed by atoms with van der Waals surface area (Å²) in [6.45, 7) is 0. The molecule has 9 nitrogen and oxygen atoms in total. The molecule has 1 aromatic carbocycles. The van der Waals surface area contributed by atoms with Gasteiger partial charge < -0.3 is 10.4 Å². The maximum Gasteiger partial charge on any atom is 0.338 e. The van der Waals surface area contributed by atoms with Gasteiger partial charge in [-0.2, -0.15) is 8.42 Å². The minimum absolute atomic E-state index is 0.0973. The van der Waals surface area contributed by atoms with E-state index in [9.17, 15) is 13.2 Å². The van der Waals surface area contributed by atoms with Crippen molar-refractivity contribution in [2.24, 2.45) is 10.2 Å². The minimum Gasteiger partial charge on any atom is -0.478 e. The zero-order valence-corrected chi connectivity index (χ0v) is 12.5. The van der Waals surface area contributed by atoms with Gasteiger partial charge in [-0.3, -0.25) is 4.55 Å². The van der Waals surface area contributed by atoms with Crippen LogP contribution in [0.3, 0.4) is 0 Å². The third-order valence-electron chi connectivity index (χ3n) is 2.35. The van der Waals surface area contributed by atoms with Gasteiger partial charge in [0.1, 0.15) is 11.6 Å². The van der Waals surface area contributed by atoms with Crippen molar-refractivity contribution in [3.05, 3.63) is 35.3 Å². The van der Waals surface area contributed by atoms with Gasteiger partial charge in [-0.1, -0.05) is 0 Å². The zero-order chi connectivity index (χ0) is 16.2. The van der Waals surface area contributed by atoms with Crippen molar-refractivity contribution in [1.29, 1.82) is 0 Å². The van der Waals surface area contributed by atoms with E-state index < -0.39 is 22.0 Å². The van der Waals surface area contributed by atoms with Crippen LogP contribution < -0.4 is 5.32 Å². The summed E-state index contributed by atoms with van der Waals surface area (Å²) in [5, 5.41) is 21.3. The van der Waals surface area contributed by atoms with Crippen molar-refractivity contribution in [1.82, 2.24) is 4.98 Å². The Kier molecular flexibility index (Phi) is 4.80. The Hall–Kier alpha value is -2.37. The Balaban J connectivity index is 2.25. The van der Waals surface area contributed by atoms with E-state index in [1.165, 1.54) is 29.5 Å². The molecule has 1 heterocycles. The average Bonchev–Trinajstić information content (AvgIpc) is 2.95. The van der Waals surface area contributed by atoms with Crippen molar-refractivity contribution in [3.63, 3.8) is 0 Å². The highest BCUT2D eigenvalue weighted by Gasteiger charge is 2.12. The highest BCUT2D eigenvalue weighted by molar-refractivity contribution is 7.85. The molecule has 0 bridgehead atoms.